The fourth-order valence-corrected chi connectivity index (χ4v) is 7.12. The number of aromatic amines is 2. The number of hydrogen-bond donors (Lipinski definition) is 4. The molecule has 8 rings (SSSR count). The summed E-state index contributed by atoms with van der Waals surface area (Å²) >= 11 is 0. The Kier molecular flexibility index (Phi) is 9.08. The maximum Gasteiger partial charge on any atom is 0.220 e. The molecule has 0 spiro atoms. The van der Waals surface area contributed by atoms with Crippen molar-refractivity contribution in [3.63, 3.8) is 0 Å². The molecular formula is C38H39N11O2. The fourth-order valence-electron chi connectivity index (χ4n) is 7.12. The molecule has 1 aliphatic rings. The van der Waals surface area contributed by atoms with Gasteiger partial charge in [-0.25, -0.2) is 4.98 Å². The number of piperazine rings is 1. The van der Waals surface area contributed by atoms with E-state index in [1.165, 1.54) is 5.69 Å². The highest BCUT2D eigenvalue weighted by Gasteiger charge is 2.30. The lowest BCUT2D eigenvalue weighted by Gasteiger charge is -2.44. The molecule has 0 bridgehead atoms. The summed E-state index contributed by atoms with van der Waals surface area (Å²) in [6.45, 7) is 3.04. The van der Waals surface area contributed by atoms with Gasteiger partial charge in [-0.2, -0.15) is 30.8 Å². The maximum atomic E-state index is 13.3. The molecule has 0 aliphatic carbocycles. The summed E-state index contributed by atoms with van der Waals surface area (Å²) in [5.74, 6) is -0.0972. The Hall–Kier alpha value is -6.08. The molecule has 4 N–H and O–H groups in total. The zero-order chi connectivity index (χ0) is 34.6. The smallest absolute Gasteiger partial charge is 0.220 e. The lowest BCUT2D eigenvalue weighted by molar-refractivity contribution is -0.121. The van der Waals surface area contributed by atoms with E-state index in [0.717, 1.165) is 69.9 Å². The number of carbonyl (C=O) groups excluding carboxylic acids is 1. The van der Waals surface area contributed by atoms with E-state index in [4.69, 9.17) is 4.98 Å². The third-order valence-corrected chi connectivity index (χ3v) is 9.67. The van der Waals surface area contributed by atoms with Gasteiger partial charge in [0.15, 0.2) is 0 Å². The Bertz CT molecular complexity index is 2230. The van der Waals surface area contributed by atoms with Crippen LogP contribution in [0.3, 0.4) is 0 Å². The number of carbonyl (C=O) groups is 1. The van der Waals surface area contributed by atoms with Gasteiger partial charge in [0.05, 0.1) is 30.4 Å². The zero-order valence-electron chi connectivity index (χ0n) is 28.1. The van der Waals surface area contributed by atoms with Gasteiger partial charge in [-0.15, -0.1) is 0 Å². The van der Waals surface area contributed by atoms with E-state index >= 15 is 0 Å². The summed E-state index contributed by atoms with van der Waals surface area (Å²) in [5.41, 5.74) is 9.05. The maximum absolute atomic E-state index is 13.3. The normalized spacial score (nSPS) is 15.4. The van der Waals surface area contributed by atoms with Gasteiger partial charge in [-0.05, 0) is 36.8 Å². The number of anilines is 2. The first-order valence-electron chi connectivity index (χ1n) is 17.3. The monoisotopic (exact) mass is 681 g/mol. The largest absolute Gasteiger partial charge is 0.391 e. The van der Waals surface area contributed by atoms with E-state index in [1.54, 1.807) is 6.33 Å². The van der Waals surface area contributed by atoms with Crippen LogP contribution in [-0.2, 0) is 17.8 Å². The average molecular weight is 682 g/mol. The van der Waals surface area contributed by atoms with E-state index in [0.29, 0.717) is 25.8 Å². The minimum Gasteiger partial charge on any atom is -0.391 e. The number of aromatic nitrogens is 8. The molecule has 3 aromatic heterocycles. The number of H-pyrrole nitrogens is 2. The Morgan fingerprint density at radius 3 is 2.37 bits per heavy atom. The van der Waals surface area contributed by atoms with Crippen molar-refractivity contribution in [2.75, 3.05) is 36.0 Å². The second-order valence-corrected chi connectivity index (χ2v) is 12.9. The Labute approximate surface area is 294 Å². The Morgan fingerprint density at radius 2 is 1.57 bits per heavy atom. The molecule has 0 saturated carbocycles. The first-order valence-corrected chi connectivity index (χ1v) is 17.3. The van der Waals surface area contributed by atoms with Crippen LogP contribution in [-0.4, -0.2) is 89.7 Å². The van der Waals surface area contributed by atoms with Crippen LogP contribution >= 0.6 is 0 Å². The first kappa shape index (κ1) is 32.1. The molecule has 2 unspecified atom stereocenters. The molecule has 1 amide bonds. The fraction of sp³-hybridized carbons (Fsp3) is 0.263. The molecule has 51 heavy (non-hydrogen) atoms. The molecule has 258 valence electrons. The second-order valence-electron chi connectivity index (χ2n) is 12.9. The lowest BCUT2D eigenvalue weighted by Crippen LogP contribution is -2.54. The van der Waals surface area contributed by atoms with E-state index < -0.39 is 6.10 Å². The number of fused-ring (bicyclic) bond motifs is 2. The number of aliphatic hydroxyl groups excluding tert-OH is 1. The van der Waals surface area contributed by atoms with Crippen molar-refractivity contribution in [1.82, 2.24) is 45.7 Å². The van der Waals surface area contributed by atoms with Crippen LogP contribution in [0.1, 0.15) is 24.1 Å². The average Bonchev–Trinajstić information content (AvgIpc) is 3.95. The van der Waals surface area contributed by atoms with Crippen molar-refractivity contribution in [1.29, 1.82) is 0 Å². The minimum atomic E-state index is -0.820. The van der Waals surface area contributed by atoms with Crippen LogP contribution in [0.2, 0.25) is 0 Å². The second kappa shape index (κ2) is 14.4. The van der Waals surface area contributed by atoms with E-state index in [9.17, 15) is 9.90 Å². The van der Waals surface area contributed by atoms with Crippen molar-refractivity contribution in [3.8, 4) is 11.3 Å². The predicted octanol–water partition coefficient (Wildman–Crippen LogP) is 4.34. The van der Waals surface area contributed by atoms with Gasteiger partial charge >= 0.3 is 0 Å². The lowest BCUT2D eigenvalue weighted by atomic mass is 10.0. The first-order chi connectivity index (χ1) is 25.1. The van der Waals surface area contributed by atoms with Gasteiger partial charge in [0.25, 0.3) is 0 Å². The number of para-hydroxylation sites is 3. The molecular weight excluding hydrogens is 642 g/mol. The molecule has 13 nitrogen and oxygen atoms in total. The molecule has 1 fully saturated rings. The molecule has 1 aliphatic heterocycles. The summed E-state index contributed by atoms with van der Waals surface area (Å²) in [5, 5.41) is 37.1. The highest BCUT2D eigenvalue weighted by Crippen LogP contribution is 2.31. The van der Waals surface area contributed by atoms with Crippen molar-refractivity contribution in [2.24, 2.45) is 0 Å². The number of nitrogens with zero attached hydrogens (tertiary/aromatic N) is 8. The molecule has 7 aromatic rings. The van der Waals surface area contributed by atoms with Gasteiger partial charge in [0, 0.05) is 67.6 Å². The summed E-state index contributed by atoms with van der Waals surface area (Å²) in [6.07, 6.45) is 2.25. The van der Waals surface area contributed by atoms with Crippen molar-refractivity contribution in [2.45, 2.75) is 38.0 Å². The highest BCUT2D eigenvalue weighted by molar-refractivity contribution is 5.88. The zero-order valence-corrected chi connectivity index (χ0v) is 28.1. The van der Waals surface area contributed by atoms with Crippen LogP contribution in [0.5, 0.6) is 0 Å². The molecule has 4 aromatic carbocycles. The van der Waals surface area contributed by atoms with Gasteiger partial charge < -0.3 is 24.8 Å². The van der Waals surface area contributed by atoms with E-state index in [1.807, 2.05) is 71.3 Å². The summed E-state index contributed by atoms with van der Waals surface area (Å²) in [4.78, 5) is 22.8. The number of benzene rings is 4. The van der Waals surface area contributed by atoms with Gasteiger partial charge in [-0.3, -0.25) is 4.79 Å². The summed E-state index contributed by atoms with van der Waals surface area (Å²) < 4.78 is 2.04. The summed E-state index contributed by atoms with van der Waals surface area (Å²) in [7, 11) is 0. The predicted molar refractivity (Wildman–Crippen MR) is 196 cm³/mol. The van der Waals surface area contributed by atoms with Crippen LogP contribution in [0, 0.1) is 0 Å². The highest BCUT2D eigenvalue weighted by atomic mass is 16.3. The van der Waals surface area contributed by atoms with Crippen LogP contribution in [0.4, 0.5) is 11.4 Å². The number of hydrogen-bond acceptors (Lipinski definition) is 9. The Morgan fingerprint density at radius 1 is 0.843 bits per heavy atom. The molecule has 0 radical (unpaired) electrons. The standard InChI is InChI=1S/C38H39N11O2/c50-30(21-34-37(26-9-3-1-4-10-26)40-25-48(34)23-27-11-7-14-31-36(27)43-45-41-31)22-39-35(51)18-17-29-24-47(28-12-5-2-6-13-28)19-20-49(29)33-16-8-15-32-38(33)44-46-42-32/h1-16,25,29-30,50H,17-24H2,(H,39,51)(H,41,43,45)(H,42,44,46). The molecule has 2 atom stereocenters. The van der Waals surface area contributed by atoms with Crippen molar-refractivity contribution >= 4 is 39.3 Å². The number of nitrogens with one attached hydrogen (secondary N) is 3. The molecule has 13 heteroatoms. The Balaban J connectivity index is 0.949. The number of amides is 1. The van der Waals surface area contributed by atoms with Crippen molar-refractivity contribution < 1.29 is 9.90 Å². The number of imidazole rings is 1. The summed E-state index contributed by atoms with van der Waals surface area (Å²) in [6, 6.07) is 32.3. The van der Waals surface area contributed by atoms with Gasteiger partial charge in [0.2, 0.25) is 5.91 Å². The quantitative estimate of drug-likeness (QED) is 0.147. The molecule has 4 heterocycles. The number of aliphatic hydroxyl groups is 1. The van der Waals surface area contributed by atoms with Crippen LogP contribution in [0.15, 0.2) is 103 Å². The molecule has 1 saturated heterocycles. The number of rotatable bonds is 12. The SMILES string of the molecule is O=C(CCC1CN(c2ccccc2)CCN1c1cccc2n[nH]nc12)NCC(O)Cc1c(-c2ccccc2)ncn1Cc1cccc2n[nH]nc12. The van der Waals surface area contributed by atoms with E-state index in [2.05, 4.69) is 76.3 Å². The van der Waals surface area contributed by atoms with Crippen molar-refractivity contribution in [3.05, 3.63) is 115 Å². The topological polar surface area (TPSA) is 157 Å². The third kappa shape index (κ3) is 6.88. The van der Waals surface area contributed by atoms with Crippen LogP contribution < -0.4 is 15.1 Å². The third-order valence-electron chi connectivity index (χ3n) is 9.67. The van der Waals surface area contributed by atoms with Crippen LogP contribution in [0.25, 0.3) is 33.3 Å². The van der Waals surface area contributed by atoms with Gasteiger partial charge in [-0.1, -0.05) is 66.7 Å². The van der Waals surface area contributed by atoms with E-state index in [-0.39, 0.29) is 18.5 Å². The van der Waals surface area contributed by atoms with Gasteiger partial charge in [0.1, 0.15) is 22.1 Å². The minimum absolute atomic E-state index is 0.0638.